The molecule has 0 heterocycles. The number of carbonyl (C=O) groups is 1. The molecule has 4 heteroatoms. The van der Waals surface area contributed by atoms with Crippen molar-refractivity contribution in [1.29, 1.82) is 0 Å². The van der Waals surface area contributed by atoms with Crippen LogP contribution in [0, 0.1) is 0 Å². The lowest BCUT2D eigenvalue weighted by molar-refractivity contribution is 0.0793. The van der Waals surface area contributed by atoms with Crippen molar-refractivity contribution in [3.05, 3.63) is 28.8 Å². The quantitative estimate of drug-likeness (QED) is 0.881. The van der Waals surface area contributed by atoms with Crippen LogP contribution < -0.4 is 0 Å². The van der Waals surface area contributed by atoms with Gasteiger partial charge in [-0.05, 0) is 24.6 Å². The standard InChI is InChI=1S/C12H16ClNO2/c1-3-4-7-14(2)12(16)9-5-6-11(15)10(13)8-9/h5-6,8,15H,3-4,7H2,1-2H3. The van der Waals surface area contributed by atoms with Gasteiger partial charge < -0.3 is 10.0 Å². The van der Waals surface area contributed by atoms with Crippen molar-refractivity contribution in [3.8, 4) is 5.75 Å². The summed E-state index contributed by atoms with van der Waals surface area (Å²) in [7, 11) is 1.76. The molecule has 1 aromatic carbocycles. The number of hydrogen-bond acceptors (Lipinski definition) is 2. The van der Waals surface area contributed by atoms with E-state index < -0.39 is 0 Å². The van der Waals surface area contributed by atoms with Gasteiger partial charge in [0.1, 0.15) is 5.75 Å². The third-order valence-electron chi connectivity index (χ3n) is 2.39. The summed E-state index contributed by atoms with van der Waals surface area (Å²) >= 11 is 5.75. The Labute approximate surface area is 101 Å². The number of phenols is 1. The van der Waals surface area contributed by atoms with Crippen molar-refractivity contribution in [3.63, 3.8) is 0 Å². The first-order valence-electron chi connectivity index (χ1n) is 5.30. The molecule has 1 rings (SSSR count). The largest absolute Gasteiger partial charge is 0.506 e. The van der Waals surface area contributed by atoms with E-state index in [1.165, 1.54) is 12.1 Å². The molecule has 0 saturated carbocycles. The van der Waals surface area contributed by atoms with Gasteiger partial charge in [-0.2, -0.15) is 0 Å². The van der Waals surface area contributed by atoms with Crippen molar-refractivity contribution >= 4 is 17.5 Å². The Kier molecular flexibility index (Phi) is 4.62. The molecule has 3 nitrogen and oxygen atoms in total. The number of unbranched alkanes of at least 4 members (excludes halogenated alkanes) is 1. The summed E-state index contributed by atoms with van der Waals surface area (Å²) in [6, 6.07) is 4.50. The predicted octanol–water partition coefficient (Wildman–Crippen LogP) is 2.92. The molecule has 16 heavy (non-hydrogen) atoms. The van der Waals surface area contributed by atoms with Crippen LogP contribution in [-0.4, -0.2) is 29.5 Å². The maximum Gasteiger partial charge on any atom is 0.253 e. The van der Waals surface area contributed by atoms with Gasteiger partial charge in [0.15, 0.2) is 0 Å². The molecule has 0 aliphatic heterocycles. The van der Waals surface area contributed by atoms with Crippen LogP contribution in [0.5, 0.6) is 5.75 Å². The zero-order chi connectivity index (χ0) is 12.1. The molecule has 0 spiro atoms. The number of halogens is 1. The van der Waals surface area contributed by atoms with Gasteiger partial charge in [-0.25, -0.2) is 0 Å². The molecule has 0 aliphatic carbocycles. The minimum Gasteiger partial charge on any atom is -0.506 e. The van der Waals surface area contributed by atoms with Gasteiger partial charge in [-0.1, -0.05) is 24.9 Å². The van der Waals surface area contributed by atoms with Crippen molar-refractivity contribution < 1.29 is 9.90 Å². The Morgan fingerprint density at radius 2 is 2.19 bits per heavy atom. The fourth-order valence-electron chi connectivity index (χ4n) is 1.36. The van der Waals surface area contributed by atoms with E-state index in [4.69, 9.17) is 11.6 Å². The number of phenolic OH excluding ortho intramolecular Hbond substituents is 1. The highest BCUT2D eigenvalue weighted by Crippen LogP contribution is 2.24. The van der Waals surface area contributed by atoms with Crippen LogP contribution >= 0.6 is 11.6 Å². The predicted molar refractivity (Wildman–Crippen MR) is 65.0 cm³/mol. The molecule has 1 aromatic rings. The topological polar surface area (TPSA) is 40.5 Å². The minimum absolute atomic E-state index is 0.00516. The van der Waals surface area contributed by atoms with Gasteiger partial charge in [0.05, 0.1) is 5.02 Å². The van der Waals surface area contributed by atoms with Gasteiger partial charge in [0, 0.05) is 19.2 Å². The van der Waals surface area contributed by atoms with Crippen LogP contribution in [0.25, 0.3) is 0 Å². The van der Waals surface area contributed by atoms with Crippen LogP contribution in [-0.2, 0) is 0 Å². The van der Waals surface area contributed by atoms with E-state index in [1.54, 1.807) is 18.0 Å². The maximum absolute atomic E-state index is 11.9. The Bertz CT molecular complexity index is 379. The Balaban J connectivity index is 2.76. The molecule has 0 fully saturated rings. The number of hydrogen-bond donors (Lipinski definition) is 1. The fourth-order valence-corrected chi connectivity index (χ4v) is 1.54. The second-order valence-electron chi connectivity index (χ2n) is 3.75. The molecule has 0 aromatic heterocycles. The van der Waals surface area contributed by atoms with E-state index in [2.05, 4.69) is 6.92 Å². The molecule has 0 atom stereocenters. The molecular weight excluding hydrogens is 226 g/mol. The molecule has 0 radical (unpaired) electrons. The van der Waals surface area contributed by atoms with Crippen LogP contribution in [0.3, 0.4) is 0 Å². The van der Waals surface area contributed by atoms with Crippen molar-refractivity contribution in [1.82, 2.24) is 4.90 Å². The van der Waals surface area contributed by atoms with Gasteiger partial charge >= 0.3 is 0 Å². The Hall–Kier alpha value is -1.22. The summed E-state index contributed by atoms with van der Waals surface area (Å²) in [5.74, 6) is -0.0789. The first-order chi connectivity index (χ1) is 7.56. The highest BCUT2D eigenvalue weighted by atomic mass is 35.5. The number of rotatable bonds is 4. The first-order valence-corrected chi connectivity index (χ1v) is 5.68. The SMILES string of the molecule is CCCCN(C)C(=O)c1ccc(O)c(Cl)c1. The minimum atomic E-state index is -0.0737. The summed E-state index contributed by atoms with van der Waals surface area (Å²) in [4.78, 5) is 13.6. The lowest BCUT2D eigenvalue weighted by atomic mass is 10.2. The zero-order valence-electron chi connectivity index (χ0n) is 9.53. The summed E-state index contributed by atoms with van der Waals surface area (Å²) in [6.45, 7) is 2.81. The van der Waals surface area contributed by atoms with E-state index in [-0.39, 0.29) is 16.7 Å². The van der Waals surface area contributed by atoms with Crippen molar-refractivity contribution in [2.75, 3.05) is 13.6 Å². The van der Waals surface area contributed by atoms with Crippen molar-refractivity contribution in [2.45, 2.75) is 19.8 Å². The van der Waals surface area contributed by atoms with E-state index >= 15 is 0 Å². The highest BCUT2D eigenvalue weighted by Gasteiger charge is 2.12. The molecule has 0 aliphatic rings. The molecule has 88 valence electrons. The lowest BCUT2D eigenvalue weighted by Crippen LogP contribution is -2.27. The summed E-state index contributed by atoms with van der Waals surface area (Å²) < 4.78 is 0. The summed E-state index contributed by atoms with van der Waals surface area (Å²) in [5, 5.41) is 9.45. The maximum atomic E-state index is 11.9. The third kappa shape index (κ3) is 3.14. The van der Waals surface area contributed by atoms with E-state index in [0.717, 1.165) is 19.4 Å². The number of carbonyl (C=O) groups excluding carboxylic acids is 1. The van der Waals surface area contributed by atoms with Gasteiger partial charge in [-0.15, -0.1) is 0 Å². The van der Waals surface area contributed by atoms with Crippen LogP contribution in [0.2, 0.25) is 5.02 Å². The average Bonchev–Trinajstić information content (AvgIpc) is 2.28. The second-order valence-corrected chi connectivity index (χ2v) is 4.15. The lowest BCUT2D eigenvalue weighted by Gasteiger charge is -2.16. The molecule has 0 bridgehead atoms. The van der Waals surface area contributed by atoms with Crippen LogP contribution in [0.15, 0.2) is 18.2 Å². The van der Waals surface area contributed by atoms with Crippen LogP contribution in [0.1, 0.15) is 30.1 Å². The number of benzene rings is 1. The Morgan fingerprint density at radius 3 is 2.75 bits per heavy atom. The van der Waals surface area contributed by atoms with Gasteiger partial charge in [0.25, 0.3) is 5.91 Å². The molecule has 1 N–H and O–H groups in total. The molecule has 0 saturated heterocycles. The van der Waals surface area contributed by atoms with Crippen molar-refractivity contribution in [2.24, 2.45) is 0 Å². The number of aromatic hydroxyl groups is 1. The normalized spacial score (nSPS) is 10.2. The Morgan fingerprint density at radius 1 is 1.50 bits per heavy atom. The second kappa shape index (κ2) is 5.75. The molecule has 0 unspecified atom stereocenters. The summed E-state index contributed by atoms with van der Waals surface area (Å²) in [5.41, 5.74) is 0.501. The fraction of sp³-hybridized carbons (Fsp3) is 0.417. The number of nitrogens with zero attached hydrogens (tertiary/aromatic N) is 1. The smallest absolute Gasteiger partial charge is 0.253 e. The van der Waals surface area contributed by atoms with E-state index in [1.807, 2.05) is 0 Å². The molecule has 1 amide bonds. The average molecular weight is 242 g/mol. The van der Waals surface area contributed by atoms with Crippen LogP contribution in [0.4, 0.5) is 0 Å². The third-order valence-corrected chi connectivity index (χ3v) is 2.69. The zero-order valence-corrected chi connectivity index (χ0v) is 10.3. The van der Waals surface area contributed by atoms with E-state index in [9.17, 15) is 9.90 Å². The number of amides is 1. The van der Waals surface area contributed by atoms with Gasteiger partial charge in [0.2, 0.25) is 0 Å². The monoisotopic (exact) mass is 241 g/mol. The first kappa shape index (κ1) is 12.8. The van der Waals surface area contributed by atoms with E-state index in [0.29, 0.717) is 5.56 Å². The highest BCUT2D eigenvalue weighted by molar-refractivity contribution is 6.32. The molecular formula is C12H16ClNO2. The van der Waals surface area contributed by atoms with Gasteiger partial charge in [-0.3, -0.25) is 4.79 Å². The summed E-state index contributed by atoms with van der Waals surface area (Å²) in [6.07, 6.45) is 2.03.